The molecule has 0 aliphatic heterocycles. The van der Waals surface area contributed by atoms with Gasteiger partial charge in [0, 0.05) is 41.4 Å². The van der Waals surface area contributed by atoms with Gasteiger partial charge in [-0.25, -0.2) is 9.59 Å². The van der Waals surface area contributed by atoms with Crippen LogP contribution in [0.4, 0.5) is 4.79 Å². The molecule has 2 atom stereocenters. The fraction of sp³-hybridized carbons (Fsp3) is 0.324. The van der Waals surface area contributed by atoms with Crippen LogP contribution in [0.1, 0.15) is 44.4 Å². The molecule has 3 aromatic carbocycles. The molecule has 8 nitrogen and oxygen atoms in total. The zero-order chi connectivity index (χ0) is 30.8. The largest absolute Gasteiger partial charge is 0.464 e. The van der Waals surface area contributed by atoms with Crippen LogP contribution in [-0.2, 0) is 38.3 Å². The number of ether oxygens (including phenoxy) is 2. The number of amides is 2. The summed E-state index contributed by atoms with van der Waals surface area (Å²) < 4.78 is 11.0. The Balaban J connectivity index is 1.44. The first-order valence-corrected chi connectivity index (χ1v) is 14.8. The molecule has 0 saturated heterocycles. The van der Waals surface area contributed by atoms with Gasteiger partial charge in [0.15, 0.2) is 0 Å². The number of halogens is 1. The summed E-state index contributed by atoms with van der Waals surface area (Å²) >= 11 is 6.08. The number of H-pyrrole nitrogens is 1. The first-order valence-electron chi connectivity index (χ1n) is 14.4. The van der Waals surface area contributed by atoms with E-state index in [4.69, 9.17) is 21.1 Å². The van der Waals surface area contributed by atoms with Crippen LogP contribution in [0.25, 0.3) is 22.0 Å². The summed E-state index contributed by atoms with van der Waals surface area (Å²) in [5.41, 5.74) is 3.53. The van der Waals surface area contributed by atoms with E-state index in [9.17, 15) is 14.4 Å². The van der Waals surface area contributed by atoms with Gasteiger partial charge in [0.25, 0.3) is 0 Å². The maximum Gasteiger partial charge on any atom is 0.408 e. The van der Waals surface area contributed by atoms with Gasteiger partial charge in [-0.05, 0) is 73.7 Å². The number of carbonyl (C=O) groups is 3. The average molecular weight is 602 g/mol. The van der Waals surface area contributed by atoms with Crippen LogP contribution < -0.4 is 10.6 Å². The summed E-state index contributed by atoms with van der Waals surface area (Å²) in [6, 6.07) is 20.3. The molecule has 3 N–H and O–H groups in total. The third kappa shape index (κ3) is 6.86. The number of aromatic amines is 1. The van der Waals surface area contributed by atoms with Crippen LogP contribution in [0.3, 0.4) is 0 Å². The molecule has 4 aromatic rings. The van der Waals surface area contributed by atoms with E-state index < -0.39 is 35.2 Å². The smallest absolute Gasteiger partial charge is 0.408 e. The Morgan fingerprint density at radius 3 is 2.40 bits per heavy atom. The molecular weight excluding hydrogens is 566 g/mol. The minimum absolute atomic E-state index is 0.164. The first kappa shape index (κ1) is 30.2. The highest BCUT2D eigenvalue weighted by Gasteiger charge is 2.47. The van der Waals surface area contributed by atoms with Crippen molar-refractivity contribution >= 4 is 40.5 Å². The van der Waals surface area contributed by atoms with E-state index in [0.29, 0.717) is 5.02 Å². The van der Waals surface area contributed by atoms with Gasteiger partial charge >= 0.3 is 12.1 Å². The van der Waals surface area contributed by atoms with Crippen LogP contribution in [0.2, 0.25) is 5.02 Å². The Kier molecular flexibility index (Phi) is 8.51. The van der Waals surface area contributed by atoms with Crippen LogP contribution in [0, 0.1) is 0 Å². The van der Waals surface area contributed by atoms with Crippen molar-refractivity contribution in [3.63, 3.8) is 0 Å². The molecule has 1 aliphatic rings. The van der Waals surface area contributed by atoms with Gasteiger partial charge in [0.05, 0.1) is 6.61 Å². The van der Waals surface area contributed by atoms with Crippen LogP contribution in [-0.4, -0.2) is 46.7 Å². The van der Waals surface area contributed by atoms with Gasteiger partial charge in [-0.15, -0.1) is 0 Å². The zero-order valence-corrected chi connectivity index (χ0v) is 25.5. The lowest BCUT2D eigenvalue weighted by Gasteiger charge is -2.30. The number of aromatic nitrogens is 1. The van der Waals surface area contributed by atoms with E-state index >= 15 is 0 Å². The lowest BCUT2D eigenvalue weighted by molar-refractivity contribution is -0.153. The Morgan fingerprint density at radius 1 is 0.977 bits per heavy atom. The zero-order valence-electron chi connectivity index (χ0n) is 24.8. The summed E-state index contributed by atoms with van der Waals surface area (Å²) in [6.45, 7) is 7.16. The molecule has 5 rings (SSSR count). The number of fused-ring (bicyclic) bond motifs is 2. The van der Waals surface area contributed by atoms with E-state index in [1.165, 1.54) is 0 Å². The summed E-state index contributed by atoms with van der Waals surface area (Å²) in [4.78, 5) is 43.6. The van der Waals surface area contributed by atoms with Crippen molar-refractivity contribution < 1.29 is 23.9 Å². The van der Waals surface area contributed by atoms with Gasteiger partial charge < -0.3 is 25.1 Å². The molecular formula is C34H36ClN3O5. The van der Waals surface area contributed by atoms with Gasteiger partial charge in [-0.3, -0.25) is 4.79 Å². The van der Waals surface area contributed by atoms with Crippen LogP contribution >= 0.6 is 11.6 Å². The number of hydrogen-bond donors (Lipinski definition) is 3. The highest BCUT2D eigenvalue weighted by molar-refractivity contribution is 6.30. The lowest BCUT2D eigenvalue weighted by Crippen LogP contribution is -2.61. The number of alkyl carbamates (subject to hydrolysis) is 1. The van der Waals surface area contributed by atoms with Crippen molar-refractivity contribution in [2.24, 2.45) is 0 Å². The second-order valence-electron chi connectivity index (χ2n) is 11.9. The Hall–Kier alpha value is -4.30. The number of nitrogens with one attached hydrogen (secondary N) is 3. The third-order valence-electron chi connectivity index (χ3n) is 7.50. The molecule has 0 spiro atoms. The SMILES string of the molecule is CCOC(=O)C1(NC(=O)[C@H](Cc2c[nH]c3ccccc23)NC(=O)OC(C)(C)C)Cc2ccc(-c3ccc(Cl)cc3)cc2C1. The highest BCUT2D eigenvalue weighted by Crippen LogP contribution is 2.35. The van der Waals surface area contributed by atoms with E-state index in [1.54, 1.807) is 27.7 Å². The van der Waals surface area contributed by atoms with Crippen LogP contribution in [0.15, 0.2) is 72.9 Å². The molecule has 0 bridgehead atoms. The maximum atomic E-state index is 14.0. The molecule has 1 heterocycles. The number of hydrogen-bond acceptors (Lipinski definition) is 5. The molecule has 1 aromatic heterocycles. The first-order chi connectivity index (χ1) is 20.5. The van der Waals surface area contributed by atoms with E-state index in [2.05, 4.69) is 15.6 Å². The Labute approximate surface area is 256 Å². The predicted molar refractivity (Wildman–Crippen MR) is 167 cm³/mol. The molecule has 2 amide bonds. The minimum Gasteiger partial charge on any atom is -0.464 e. The summed E-state index contributed by atoms with van der Waals surface area (Å²) in [5.74, 6) is -1.02. The molecule has 1 unspecified atom stereocenters. The van der Waals surface area contributed by atoms with Crippen molar-refractivity contribution in [3.05, 3.63) is 94.6 Å². The minimum atomic E-state index is -1.33. The van der Waals surface area contributed by atoms with Crippen molar-refractivity contribution in [2.45, 2.75) is 64.1 Å². The van der Waals surface area contributed by atoms with E-state index in [1.807, 2.05) is 72.9 Å². The molecule has 0 radical (unpaired) electrons. The standard InChI is InChI=1S/C34H36ClN3O5/c1-5-42-31(40)34(18-23-11-10-22(16-24(23)19-34)21-12-14-26(35)15-13-21)38-30(39)29(37-32(41)43-33(2,3)4)17-25-20-36-28-9-7-6-8-27(25)28/h6-16,20,29,36H,5,17-19H2,1-4H3,(H,37,41)(H,38,39)/t29-,34?/m0/s1. The number of para-hydroxylation sites is 1. The fourth-order valence-electron chi connectivity index (χ4n) is 5.55. The van der Waals surface area contributed by atoms with Gasteiger partial charge in [-0.1, -0.05) is 60.1 Å². The molecule has 1 aliphatic carbocycles. The fourth-order valence-corrected chi connectivity index (χ4v) is 5.68. The Morgan fingerprint density at radius 2 is 1.67 bits per heavy atom. The molecule has 9 heteroatoms. The molecule has 224 valence electrons. The van der Waals surface area contributed by atoms with Crippen molar-refractivity contribution in [1.82, 2.24) is 15.6 Å². The van der Waals surface area contributed by atoms with Crippen molar-refractivity contribution in [3.8, 4) is 11.1 Å². The summed E-state index contributed by atoms with van der Waals surface area (Å²) in [7, 11) is 0. The van der Waals surface area contributed by atoms with E-state index in [-0.39, 0.29) is 25.9 Å². The number of benzene rings is 3. The van der Waals surface area contributed by atoms with Gasteiger partial charge in [0.2, 0.25) is 5.91 Å². The second kappa shape index (κ2) is 12.1. The number of esters is 1. The van der Waals surface area contributed by atoms with Gasteiger partial charge in [0.1, 0.15) is 17.2 Å². The monoisotopic (exact) mass is 601 g/mol. The van der Waals surface area contributed by atoms with Crippen molar-refractivity contribution in [1.29, 1.82) is 0 Å². The average Bonchev–Trinajstić information content (AvgIpc) is 3.53. The topological polar surface area (TPSA) is 110 Å². The molecule has 0 saturated carbocycles. The molecule has 0 fully saturated rings. The lowest BCUT2D eigenvalue weighted by atomic mass is 9.94. The predicted octanol–water partition coefficient (Wildman–Crippen LogP) is 6.14. The number of carbonyl (C=O) groups excluding carboxylic acids is 3. The molecule has 43 heavy (non-hydrogen) atoms. The van der Waals surface area contributed by atoms with E-state index in [0.717, 1.165) is 38.7 Å². The maximum absolute atomic E-state index is 14.0. The second-order valence-corrected chi connectivity index (χ2v) is 12.3. The number of rotatable bonds is 8. The van der Waals surface area contributed by atoms with Crippen LogP contribution in [0.5, 0.6) is 0 Å². The summed E-state index contributed by atoms with van der Waals surface area (Å²) in [5, 5.41) is 7.34. The summed E-state index contributed by atoms with van der Waals surface area (Å²) in [6.07, 6.45) is 1.80. The quantitative estimate of drug-likeness (QED) is 0.210. The Bertz CT molecular complexity index is 1660. The third-order valence-corrected chi connectivity index (χ3v) is 7.76. The normalized spacial score (nSPS) is 16.8. The highest BCUT2D eigenvalue weighted by atomic mass is 35.5. The van der Waals surface area contributed by atoms with Gasteiger partial charge in [-0.2, -0.15) is 0 Å². The van der Waals surface area contributed by atoms with Crippen molar-refractivity contribution in [2.75, 3.05) is 6.61 Å².